The molecule has 0 saturated heterocycles. The van der Waals surface area contributed by atoms with Gasteiger partial charge in [0.2, 0.25) is 14.2 Å². The Morgan fingerprint density at radius 1 is 1.60 bits per heavy atom. The summed E-state index contributed by atoms with van der Waals surface area (Å²) in [5.74, 6) is 0. The average molecular weight is 182 g/mol. The monoisotopic (exact) mass is 182 g/mol. The third kappa shape index (κ3) is 1.48. The van der Waals surface area contributed by atoms with E-state index in [-0.39, 0.29) is 4.34 Å². The molecule has 0 spiro atoms. The Morgan fingerprint density at radius 2 is 2.20 bits per heavy atom. The van der Waals surface area contributed by atoms with Gasteiger partial charge in [-0.3, -0.25) is 0 Å². The van der Waals surface area contributed by atoms with E-state index in [1.165, 1.54) is 0 Å². The van der Waals surface area contributed by atoms with Gasteiger partial charge in [0, 0.05) is 17.8 Å². The molecule has 1 heterocycles. The van der Waals surface area contributed by atoms with Crippen molar-refractivity contribution >= 4 is 21.4 Å². The fraction of sp³-hybridized carbons (Fsp3) is 0.333. The van der Waals surface area contributed by atoms with Gasteiger partial charge in [0.05, 0.1) is 0 Å². The third-order valence-corrected chi connectivity index (χ3v) is 3.05. The molecular formula is C3H3FN2O2S2. The number of aromatic nitrogens is 2. The molecule has 0 atom stereocenters. The number of hydrogen-bond acceptors (Lipinski definition) is 5. The van der Waals surface area contributed by atoms with Gasteiger partial charge < -0.3 is 0 Å². The predicted molar refractivity (Wildman–Crippen MR) is 33.0 cm³/mol. The minimum absolute atomic E-state index is 0.287. The largest absolute Gasteiger partial charge is 0.321 e. The molecule has 0 bridgehead atoms. The summed E-state index contributed by atoms with van der Waals surface area (Å²) in [5, 5.41) is 0. The van der Waals surface area contributed by atoms with Crippen LogP contribution in [0.4, 0.5) is 4.39 Å². The van der Waals surface area contributed by atoms with Crippen molar-refractivity contribution < 1.29 is 12.8 Å². The zero-order valence-electron chi connectivity index (χ0n) is 4.91. The minimum atomic E-state index is -3.38. The van der Waals surface area contributed by atoms with Crippen molar-refractivity contribution in [2.75, 3.05) is 6.26 Å². The zero-order valence-corrected chi connectivity index (χ0v) is 6.54. The first-order valence-corrected chi connectivity index (χ1v) is 4.86. The van der Waals surface area contributed by atoms with Gasteiger partial charge in [0.15, 0.2) is 0 Å². The molecule has 0 aliphatic heterocycles. The number of rotatable bonds is 1. The van der Waals surface area contributed by atoms with Crippen LogP contribution in [0.25, 0.3) is 0 Å². The van der Waals surface area contributed by atoms with E-state index < -0.39 is 15.9 Å². The van der Waals surface area contributed by atoms with E-state index in [0.29, 0.717) is 11.5 Å². The molecule has 0 aromatic carbocycles. The predicted octanol–water partition coefficient (Wildman–Crippen LogP) is 0.0807. The Kier molecular flexibility index (Phi) is 1.69. The van der Waals surface area contributed by atoms with Gasteiger partial charge in [-0.25, -0.2) is 8.42 Å². The molecule has 56 valence electrons. The molecule has 7 heteroatoms. The van der Waals surface area contributed by atoms with Crippen molar-refractivity contribution in [2.24, 2.45) is 0 Å². The van der Waals surface area contributed by atoms with Crippen LogP contribution >= 0.6 is 11.5 Å². The first-order chi connectivity index (χ1) is 4.50. The highest BCUT2D eigenvalue weighted by molar-refractivity contribution is 7.92. The maximum atomic E-state index is 12.0. The maximum Gasteiger partial charge on any atom is 0.321 e. The summed E-state index contributed by atoms with van der Waals surface area (Å²) in [6.45, 7) is 0. The van der Waals surface area contributed by atoms with Crippen LogP contribution in [0.1, 0.15) is 0 Å². The van der Waals surface area contributed by atoms with Gasteiger partial charge in [-0.05, 0) is 0 Å². The first kappa shape index (κ1) is 7.55. The SMILES string of the molecule is CS(=O)(=O)c1nc(F)ns1. The van der Waals surface area contributed by atoms with E-state index in [4.69, 9.17) is 0 Å². The lowest BCUT2D eigenvalue weighted by atomic mass is 11.3. The highest BCUT2D eigenvalue weighted by Crippen LogP contribution is 2.09. The van der Waals surface area contributed by atoms with Gasteiger partial charge in [-0.1, -0.05) is 0 Å². The lowest BCUT2D eigenvalue weighted by molar-refractivity contribution is 0.545. The van der Waals surface area contributed by atoms with E-state index >= 15 is 0 Å². The highest BCUT2D eigenvalue weighted by atomic mass is 32.2. The summed E-state index contributed by atoms with van der Waals surface area (Å²) in [4.78, 5) is 3.03. The summed E-state index contributed by atoms with van der Waals surface area (Å²) in [7, 11) is -3.38. The molecule has 0 N–H and O–H groups in total. The minimum Gasteiger partial charge on any atom is -0.221 e. The first-order valence-electron chi connectivity index (χ1n) is 2.19. The van der Waals surface area contributed by atoms with Crippen molar-refractivity contribution in [1.29, 1.82) is 0 Å². The molecular weight excluding hydrogens is 179 g/mol. The van der Waals surface area contributed by atoms with Gasteiger partial charge in [0.25, 0.3) is 0 Å². The Hall–Kier alpha value is -0.560. The van der Waals surface area contributed by atoms with E-state index in [1.807, 2.05) is 0 Å². The summed E-state index contributed by atoms with van der Waals surface area (Å²) in [5.41, 5.74) is 0. The van der Waals surface area contributed by atoms with Gasteiger partial charge in [-0.2, -0.15) is 9.37 Å². The fourth-order valence-corrected chi connectivity index (χ4v) is 1.55. The maximum absolute atomic E-state index is 12.0. The van der Waals surface area contributed by atoms with E-state index in [2.05, 4.69) is 9.36 Å². The average Bonchev–Trinajstić information content (AvgIpc) is 2.11. The fourth-order valence-electron chi connectivity index (χ4n) is 0.343. The molecule has 0 aliphatic carbocycles. The molecule has 0 radical (unpaired) electrons. The second-order valence-electron chi connectivity index (χ2n) is 1.60. The number of sulfone groups is 1. The second kappa shape index (κ2) is 2.24. The van der Waals surface area contributed by atoms with Crippen LogP contribution in [0, 0.1) is 6.08 Å². The van der Waals surface area contributed by atoms with Crippen molar-refractivity contribution in [3.8, 4) is 0 Å². The molecule has 0 aliphatic rings. The second-order valence-corrected chi connectivity index (χ2v) is 4.54. The number of hydrogen-bond donors (Lipinski definition) is 0. The Labute approximate surface area is 60.8 Å². The summed E-state index contributed by atoms with van der Waals surface area (Å²) >= 11 is 0.532. The van der Waals surface area contributed by atoms with E-state index in [1.54, 1.807) is 0 Å². The van der Waals surface area contributed by atoms with Gasteiger partial charge in [0.1, 0.15) is 0 Å². The molecule has 1 rings (SSSR count). The van der Waals surface area contributed by atoms with Gasteiger partial charge in [-0.15, -0.1) is 4.37 Å². The molecule has 1 aromatic rings. The standard InChI is InChI=1S/C3H3FN2O2S2/c1-10(7,8)3-5-2(4)6-9-3/h1H3. The van der Waals surface area contributed by atoms with Crippen molar-refractivity contribution in [2.45, 2.75) is 4.34 Å². The van der Waals surface area contributed by atoms with Crippen LogP contribution in [-0.2, 0) is 9.84 Å². The van der Waals surface area contributed by atoms with Crippen molar-refractivity contribution in [3.63, 3.8) is 0 Å². The molecule has 0 unspecified atom stereocenters. The van der Waals surface area contributed by atoms with Gasteiger partial charge >= 0.3 is 6.08 Å². The third-order valence-electron chi connectivity index (χ3n) is 0.700. The Morgan fingerprint density at radius 3 is 2.40 bits per heavy atom. The van der Waals surface area contributed by atoms with Crippen LogP contribution in [0.15, 0.2) is 4.34 Å². The molecule has 0 amide bonds. The molecule has 4 nitrogen and oxygen atoms in total. The van der Waals surface area contributed by atoms with Crippen LogP contribution in [0.3, 0.4) is 0 Å². The normalized spacial score (nSPS) is 11.8. The van der Waals surface area contributed by atoms with Crippen molar-refractivity contribution in [1.82, 2.24) is 9.36 Å². The summed E-state index contributed by atoms with van der Waals surface area (Å²) in [6.07, 6.45) is -0.0436. The quantitative estimate of drug-likeness (QED) is 0.617. The van der Waals surface area contributed by atoms with Crippen LogP contribution in [0.2, 0.25) is 0 Å². The van der Waals surface area contributed by atoms with E-state index in [9.17, 15) is 12.8 Å². The van der Waals surface area contributed by atoms with Crippen molar-refractivity contribution in [3.05, 3.63) is 6.08 Å². The number of halogens is 1. The molecule has 0 fully saturated rings. The molecule has 10 heavy (non-hydrogen) atoms. The molecule has 0 saturated carbocycles. The number of nitrogens with zero attached hydrogens (tertiary/aromatic N) is 2. The topological polar surface area (TPSA) is 59.9 Å². The van der Waals surface area contributed by atoms with E-state index in [0.717, 1.165) is 6.26 Å². The highest BCUT2D eigenvalue weighted by Gasteiger charge is 2.13. The van der Waals surface area contributed by atoms with Crippen LogP contribution in [0.5, 0.6) is 0 Å². The zero-order chi connectivity index (χ0) is 7.78. The lowest BCUT2D eigenvalue weighted by Crippen LogP contribution is -1.95. The molecule has 1 aromatic heterocycles. The summed E-state index contributed by atoms with van der Waals surface area (Å²) in [6, 6.07) is 0. The Balaban J connectivity index is 3.21. The summed E-state index contributed by atoms with van der Waals surface area (Å²) < 4.78 is 35.9. The lowest BCUT2D eigenvalue weighted by Gasteiger charge is -1.83. The smallest absolute Gasteiger partial charge is 0.221 e. The Bertz CT molecular complexity index is 330. The van der Waals surface area contributed by atoms with Crippen LogP contribution in [-0.4, -0.2) is 24.0 Å². The van der Waals surface area contributed by atoms with Crippen LogP contribution < -0.4 is 0 Å².